The molecular formula is C15H31N3. The molecule has 1 saturated carbocycles. The molecule has 3 heteroatoms. The second-order valence-electron chi connectivity index (χ2n) is 6.18. The summed E-state index contributed by atoms with van der Waals surface area (Å²) < 4.78 is 0. The minimum absolute atomic E-state index is 0.736. The Morgan fingerprint density at radius 1 is 1.17 bits per heavy atom. The van der Waals surface area contributed by atoms with Crippen LogP contribution >= 0.6 is 0 Å². The molecule has 0 aromatic rings. The zero-order valence-electron chi connectivity index (χ0n) is 12.5. The van der Waals surface area contributed by atoms with Crippen LogP contribution in [0.1, 0.15) is 39.5 Å². The summed E-state index contributed by atoms with van der Waals surface area (Å²) >= 11 is 0. The maximum atomic E-state index is 3.54. The van der Waals surface area contributed by atoms with Crippen molar-refractivity contribution in [2.45, 2.75) is 51.6 Å². The fraction of sp³-hybridized carbons (Fsp3) is 1.00. The van der Waals surface area contributed by atoms with E-state index in [-0.39, 0.29) is 0 Å². The molecule has 106 valence electrons. The Kier molecular flexibility index (Phi) is 5.46. The number of nitrogens with zero attached hydrogens (tertiary/aromatic N) is 2. The van der Waals surface area contributed by atoms with Crippen molar-refractivity contribution >= 4 is 0 Å². The van der Waals surface area contributed by atoms with Crippen molar-refractivity contribution in [1.82, 2.24) is 15.1 Å². The molecule has 1 aliphatic heterocycles. The van der Waals surface area contributed by atoms with Crippen molar-refractivity contribution in [3.05, 3.63) is 0 Å². The van der Waals surface area contributed by atoms with E-state index in [2.05, 4.69) is 36.0 Å². The van der Waals surface area contributed by atoms with Crippen molar-refractivity contribution in [3.8, 4) is 0 Å². The van der Waals surface area contributed by atoms with Crippen LogP contribution in [0.2, 0.25) is 0 Å². The zero-order valence-corrected chi connectivity index (χ0v) is 12.5. The number of nitrogens with one attached hydrogen (secondary N) is 1. The van der Waals surface area contributed by atoms with Crippen molar-refractivity contribution < 1.29 is 0 Å². The Labute approximate surface area is 113 Å². The van der Waals surface area contributed by atoms with Gasteiger partial charge in [-0.3, -0.25) is 4.90 Å². The molecule has 1 N–H and O–H groups in total. The second kappa shape index (κ2) is 6.88. The van der Waals surface area contributed by atoms with E-state index in [0.717, 1.165) is 18.0 Å². The summed E-state index contributed by atoms with van der Waals surface area (Å²) in [4.78, 5) is 5.31. The highest BCUT2D eigenvalue weighted by Crippen LogP contribution is 2.25. The molecule has 3 nitrogen and oxygen atoms in total. The van der Waals surface area contributed by atoms with Gasteiger partial charge < -0.3 is 10.2 Å². The highest BCUT2D eigenvalue weighted by atomic mass is 15.3. The fourth-order valence-electron chi connectivity index (χ4n) is 3.84. The Bertz CT molecular complexity index is 244. The summed E-state index contributed by atoms with van der Waals surface area (Å²) in [6.45, 7) is 11.0. The van der Waals surface area contributed by atoms with Crippen molar-refractivity contribution in [3.63, 3.8) is 0 Å². The van der Waals surface area contributed by atoms with Crippen LogP contribution in [0, 0.1) is 5.92 Å². The SMILES string of the molecule is CCN1CCN(CC2CCCCC2NC)CC1C. The van der Waals surface area contributed by atoms with Gasteiger partial charge >= 0.3 is 0 Å². The maximum absolute atomic E-state index is 3.54. The number of rotatable bonds is 4. The first-order chi connectivity index (χ1) is 8.74. The predicted molar refractivity (Wildman–Crippen MR) is 78.0 cm³/mol. The minimum atomic E-state index is 0.736. The van der Waals surface area contributed by atoms with Crippen LogP contribution in [-0.2, 0) is 0 Å². The predicted octanol–water partition coefficient (Wildman–Crippen LogP) is 1.79. The van der Waals surface area contributed by atoms with Gasteiger partial charge in [0.2, 0.25) is 0 Å². The Morgan fingerprint density at radius 3 is 2.61 bits per heavy atom. The standard InChI is InChI=1S/C15H31N3/c1-4-18-10-9-17(11-13(18)2)12-14-7-5-6-8-15(14)16-3/h13-16H,4-12H2,1-3H3. The first-order valence-corrected chi connectivity index (χ1v) is 7.88. The van der Waals surface area contributed by atoms with Gasteiger partial charge in [0.1, 0.15) is 0 Å². The van der Waals surface area contributed by atoms with Gasteiger partial charge in [-0.15, -0.1) is 0 Å². The molecule has 0 spiro atoms. The third-order valence-electron chi connectivity index (χ3n) is 5.03. The molecular weight excluding hydrogens is 222 g/mol. The van der Waals surface area contributed by atoms with Gasteiger partial charge in [0, 0.05) is 38.3 Å². The molecule has 1 aliphatic carbocycles. The molecule has 3 atom stereocenters. The van der Waals surface area contributed by atoms with Crippen molar-refractivity contribution in [2.75, 3.05) is 39.8 Å². The van der Waals surface area contributed by atoms with Gasteiger partial charge in [-0.1, -0.05) is 19.8 Å². The van der Waals surface area contributed by atoms with Gasteiger partial charge in [-0.05, 0) is 39.3 Å². The van der Waals surface area contributed by atoms with Crippen LogP contribution in [-0.4, -0.2) is 61.7 Å². The van der Waals surface area contributed by atoms with Crippen LogP contribution in [0.25, 0.3) is 0 Å². The average molecular weight is 253 g/mol. The number of hydrogen-bond acceptors (Lipinski definition) is 3. The van der Waals surface area contributed by atoms with Crippen LogP contribution in [0.3, 0.4) is 0 Å². The number of piperazine rings is 1. The molecule has 0 aromatic carbocycles. The monoisotopic (exact) mass is 253 g/mol. The molecule has 18 heavy (non-hydrogen) atoms. The summed E-state index contributed by atoms with van der Waals surface area (Å²) in [5.41, 5.74) is 0. The lowest BCUT2D eigenvalue weighted by molar-refractivity contribution is 0.0663. The first-order valence-electron chi connectivity index (χ1n) is 7.88. The van der Waals surface area contributed by atoms with E-state index in [1.807, 2.05) is 0 Å². The van der Waals surface area contributed by atoms with Crippen LogP contribution < -0.4 is 5.32 Å². The maximum Gasteiger partial charge on any atom is 0.0195 e. The van der Waals surface area contributed by atoms with Gasteiger partial charge in [-0.25, -0.2) is 0 Å². The lowest BCUT2D eigenvalue weighted by atomic mass is 9.84. The molecule has 2 rings (SSSR count). The highest BCUT2D eigenvalue weighted by Gasteiger charge is 2.28. The topological polar surface area (TPSA) is 18.5 Å². The molecule has 0 amide bonds. The lowest BCUT2D eigenvalue weighted by Gasteiger charge is -2.42. The zero-order chi connectivity index (χ0) is 13.0. The molecule has 3 unspecified atom stereocenters. The van der Waals surface area contributed by atoms with Crippen LogP contribution in [0.4, 0.5) is 0 Å². The van der Waals surface area contributed by atoms with Crippen LogP contribution in [0.15, 0.2) is 0 Å². The van der Waals surface area contributed by atoms with E-state index in [0.29, 0.717) is 0 Å². The van der Waals surface area contributed by atoms with E-state index >= 15 is 0 Å². The van der Waals surface area contributed by atoms with Crippen LogP contribution in [0.5, 0.6) is 0 Å². The average Bonchev–Trinajstić information content (AvgIpc) is 2.39. The highest BCUT2D eigenvalue weighted by molar-refractivity contribution is 4.85. The summed E-state index contributed by atoms with van der Waals surface area (Å²) in [6.07, 6.45) is 5.66. The molecule has 0 radical (unpaired) electrons. The van der Waals surface area contributed by atoms with E-state index in [1.165, 1.54) is 58.4 Å². The third-order valence-corrected chi connectivity index (χ3v) is 5.03. The van der Waals surface area contributed by atoms with Crippen molar-refractivity contribution in [1.29, 1.82) is 0 Å². The van der Waals surface area contributed by atoms with Gasteiger partial charge in [-0.2, -0.15) is 0 Å². The molecule has 2 fully saturated rings. The van der Waals surface area contributed by atoms with E-state index in [1.54, 1.807) is 0 Å². The Hall–Kier alpha value is -0.120. The van der Waals surface area contributed by atoms with E-state index in [9.17, 15) is 0 Å². The van der Waals surface area contributed by atoms with E-state index < -0.39 is 0 Å². The summed E-state index contributed by atoms with van der Waals surface area (Å²) in [5.74, 6) is 0.879. The largest absolute Gasteiger partial charge is 0.317 e. The van der Waals surface area contributed by atoms with Gasteiger partial charge in [0.15, 0.2) is 0 Å². The van der Waals surface area contributed by atoms with Crippen molar-refractivity contribution in [2.24, 2.45) is 5.92 Å². The third kappa shape index (κ3) is 3.46. The molecule has 1 heterocycles. The Balaban J connectivity index is 1.82. The number of likely N-dealkylation sites (N-methyl/N-ethyl adjacent to an activating group) is 1. The lowest BCUT2D eigenvalue weighted by Crippen LogP contribution is -2.54. The summed E-state index contributed by atoms with van der Waals surface area (Å²) in [7, 11) is 2.14. The number of hydrogen-bond donors (Lipinski definition) is 1. The summed E-state index contributed by atoms with van der Waals surface area (Å²) in [5, 5.41) is 3.54. The molecule has 1 saturated heterocycles. The smallest absolute Gasteiger partial charge is 0.0195 e. The first kappa shape index (κ1) is 14.3. The second-order valence-corrected chi connectivity index (χ2v) is 6.18. The summed E-state index contributed by atoms with van der Waals surface area (Å²) in [6, 6.07) is 1.50. The quantitative estimate of drug-likeness (QED) is 0.824. The minimum Gasteiger partial charge on any atom is -0.317 e. The Morgan fingerprint density at radius 2 is 1.94 bits per heavy atom. The fourth-order valence-corrected chi connectivity index (χ4v) is 3.84. The molecule has 0 aromatic heterocycles. The van der Waals surface area contributed by atoms with Gasteiger partial charge in [0.25, 0.3) is 0 Å². The van der Waals surface area contributed by atoms with E-state index in [4.69, 9.17) is 0 Å². The molecule has 0 bridgehead atoms. The normalized spacial score (nSPS) is 35.8. The molecule has 2 aliphatic rings. The van der Waals surface area contributed by atoms with Gasteiger partial charge in [0.05, 0.1) is 0 Å².